The van der Waals surface area contributed by atoms with Crippen LogP contribution >= 0.6 is 0 Å². The summed E-state index contributed by atoms with van der Waals surface area (Å²) in [6.45, 7) is 2.45. The third kappa shape index (κ3) is 6.01. The molecule has 3 rings (SSSR count). The minimum atomic E-state index is -0.0834. The lowest BCUT2D eigenvalue weighted by molar-refractivity contribution is -0.126. The van der Waals surface area contributed by atoms with E-state index in [1.165, 1.54) is 5.56 Å². The molecule has 1 aliphatic heterocycles. The van der Waals surface area contributed by atoms with E-state index >= 15 is 0 Å². The van der Waals surface area contributed by atoms with E-state index in [0.717, 1.165) is 12.1 Å². The van der Waals surface area contributed by atoms with Crippen molar-refractivity contribution < 1.29 is 19.1 Å². The van der Waals surface area contributed by atoms with E-state index < -0.39 is 0 Å². The Balaban J connectivity index is 1.55. The van der Waals surface area contributed by atoms with Gasteiger partial charge in [-0.1, -0.05) is 24.3 Å². The summed E-state index contributed by atoms with van der Waals surface area (Å²) >= 11 is 0. The van der Waals surface area contributed by atoms with Crippen LogP contribution in [-0.2, 0) is 17.9 Å². The lowest BCUT2D eigenvalue weighted by atomic mass is 9.95. The third-order valence-electron chi connectivity index (χ3n) is 5.81. The van der Waals surface area contributed by atoms with Gasteiger partial charge in [0.25, 0.3) is 5.91 Å². The lowest BCUT2D eigenvalue weighted by Gasteiger charge is -2.31. The molecule has 1 heterocycles. The van der Waals surface area contributed by atoms with Crippen molar-refractivity contribution in [2.75, 3.05) is 41.4 Å². The maximum absolute atomic E-state index is 13.0. The van der Waals surface area contributed by atoms with Crippen molar-refractivity contribution in [1.82, 2.24) is 15.1 Å². The van der Waals surface area contributed by atoms with Gasteiger partial charge >= 0.3 is 0 Å². The van der Waals surface area contributed by atoms with Crippen LogP contribution in [0.15, 0.2) is 42.5 Å². The van der Waals surface area contributed by atoms with Gasteiger partial charge in [0.2, 0.25) is 5.91 Å². The third-order valence-corrected chi connectivity index (χ3v) is 5.81. The van der Waals surface area contributed by atoms with E-state index in [1.54, 1.807) is 37.3 Å². The summed E-state index contributed by atoms with van der Waals surface area (Å²) in [5, 5.41) is 3.09. The second-order valence-electron chi connectivity index (χ2n) is 8.39. The number of likely N-dealkylation sites (tertiary alicyclic amines) is 1. The fraction of sp³-hybridized carbons (Fsp3) is 0.440. The molecule has 1 saturated heterocycles. The van der Waals surface area contributed by atoms with Crippen LogP contribution in [0.2, 0.25) is 0 Å². The van der Waals surface area contributed by atoms with Crippen molar-refractivity contribution in [3.05, 3.63) is 59.2 Å². The highest BCUT2D eigenvalue weighted by molar-refractivity contribution is 5.95. The van der Waals surface area contributed by atoms with E-state index in [0.29, 0.717) is 49.5 Å². The van der Waals surface area contributed by atoms with Crippen molar-refractivity contribution in [3.63, 3.8) is 0 Å². The maximum Gasteiger partial charge on any atom is 0.254 e. The van der Waals surface area contributed by atoms with Crippen molar-refractivity contribution >= 4 is 11.8 Å². The Bertz CT molecular complexity index is 914. The predicted octanol–water partition coefficient (Wildman–Crippen LogP) is 2.93. The Morgan fingerprint density at radius 3 is 2.16 bits per heavy atom. The molecule has 0 bridgehead atoms. The predicted molar refractivity (Wildman–Crippen MR) is 124 cm³/mol. The van der Waals surface area contributed by atoms with Gasteiger partial charge in [0.1, 0.15) is 11.5 Å². The van der Waals surface area contributed by atoms with Crippen LogP contribution in [0.5, 0.6) is 11.5 Å². The van der Waals surface area contributed by atoms with Crippen LogP contribution in [0, 0.1) is 5.92 Å². The first-order valence-corrected chi connectivity index (χ1v) is 10.9. The zero-order valence-electron chi connectivity index (χ0n) is 19.4. The molecule has 0 spiro atoms. The molecule has 0 unspecified atom stereocenters. The summed E-state index contributed by atoms with van der Waals surface area (Å²) < 4.78 is 10.5. The van der Waals surface area contributed by atoms with E-state index in [9.17, 15) is 9.59 Å². The highest BCUT2D eigenvalue weighted by Crippen LogP contribution is 2.25. The molecule has 0 saturated carbocycles. The van der Waals surface area contributed by atoms with Crippen LogP contribution < -0.4 is 14.8 Å². The molecule has 1 aliphatic rings. The van der Waals surface area contributed by atoms with Gasteiger partial charge in [-0.25, -0.2) is 0 Å². The number of benzene rings is 2. The van der Waals surface area contributed by atoms with Gasteiger partial charge in [0.05, 0.1) is 14.2 Å². The molecule has 0 radical (unpaired) electrons. The number of ether oxygens (including phenoxy) is 2. The number of nitrogens with zero attached hydrogens (tertiary/aromatic N) is 2. The normalized spacial score (nSPS) is 14.3. The number of carbonyl (C=O) groups is 2. The molecule has 2 aromatic carbocycles. The average Bonchev–Trinajstić information content (AvgIpc) is 2.82. The second kappa shape index (κ2) is 11.0. The second-order valence-corrected chi connectivity index (χ2v) is 8.39. The molecule has 7 heteroatoms. The van der Waals surface area contributed by atoms with Crippen LogP contribution in [0.25, 0.3) is 0 Å². The zero-order chi connectivity index (χ0) is 23.1. The first-order valence-electron chi connectivity index (χ1n) is 10.9. The zero-order valence-corrected chi connectivity index (χ0v) is 19.4. The fourth-order valence-electron chi connectivity index (χ4n) is 4.01. The van der Waals surface area contributed by atoms with Gasteiger partial charge in [-0.3, -0.25) is 9.59 Å². The van der Waals surface area contributed by atoms with Crippen molar-refractivity contribution in [2.24, 2.45) is 5.92 Å². The largest absolute Gasteiger partial charge is 0.497 e. The Hall–Kier alpha value is -3.06. The lowest BCUT2D eigenvalue weighted by Crippen LogP contribution is -2.43. The topological polar surface area (TPSA) is 71.1 Å². The van der Waals surface area contributed by atoms with E-state index in [1.807, 2.05) is 26.2 Å². The van der Waals surface area contributed by atoms with Gasteiger partial charge in [-0.05, 0) is 50.2 Å². The van der Waals surface area contributed by atoms with Crippen LogP contribution in [0.1, 0.15) is 34.3 Å². The van der Waals surface area contributed by atoms with Crippen LogP contribution in [-0.4, -0.2) is 63.0 Å². The molecule has 2 aromatic rings. The number of carbonyl (C=O) groups excluding carboxylic acids is 2. The Labute approximate surface area is 190 Å². The molecule has 0 aliphatic carbocycles. The number of piperidine rings is 1. The number of hydrogen-bond acceptors (Lipinski definition) is 5. The highest BCUT2D eigenvalue weighted by atomic mass is 16.5. The number of hydrogen-bond donors (Lipinski definition) is 1. The summed E-state index contributed by atoms with van der Waals surface area (Å²) in [5.74, 6) is 1.06. The summed E-state index contributed by atoms with van der Waals surface area (Å²) in [7, 11) is 7.19. The minimum absolute atomic E-state index is 0.0554. The SMILES string of the molecule is COc1cc(OC)cc(C(=O)N2CCC(C(=O)NCc3ccccc3CN(C)C)CC2)c1. The Morgan fingerprint density at radius 1 is 1.00 bits per heavy atom. The van der Waals surface area contributed by atoms with Gasteiger partial charge in [0, 0.05) is 43.7 Å². The quantitative estimate of drug-likeness (QED) is 0.685. The minimum Gasteiger partial charge on any atom is -0.497 e. The van der Waals surface area contributed by atoms with Gasteiger partial charge in [-0.2, -0.15) is 0 Å². The molecule has 7 nitrogen and oxygen atoms in total. The van der Waals surface area contributed by atoms with Crippen LogP contribution in [0.4, 0.5) is 0 Å². The monoisotopic (exact) mass is 439 g/mol. The van der Waals surface area contributed by atoms with Gasteiger partial charge in [0.15, 0.2) is 0 Å². The number of methoxy groups -OCH3 is 2. The van der Waals surface area contributed by atoms with E-state index in [-0.39, 0.29) is 17.7 Å². The number of nitrogens with one attached hydrogen (secondary N) is 1. The molecule has 2 amide bonds. The summed E-state index contributed by atoms with van der Waals surface area (Å²) in [6.07, 6.45) is 1.30. The summed E-state index contributed by atoms with van der Waals surface area (Å²) in [5.41, 5.74) is 2.88. The molecule has 0 aromatic heterocycles. The molecule has 172 valence electrons. The fourth-order valence-corrected chi connectivity index (χ4v) is 4.01. The number of rotatable bonds is 8. The van der Waals surface area contributed by atoms with Crippen molar-refractivity contribution in [1.29, 1.82) is 0 Å². The van der Waals surface area contributed by atoms with E-state index in [2.05, 4.69) is 22.3 Å². The Kier molecular flexibility index (Phi) is 8.11. The van der Waals surface area contributed by atoms with Crippen LogP contribution in [0.3, 0.4) is 0 Å². The molecular weight excluding hydrogens is 406 g/mol. The number of amides is 2. The molecule has 1 N–H and O–H groups in total. The summed E-state index contributed by atoms with van der Waals surface area (Å²) in [4.78, 5) is 29.6. The van der Waals surface area contributed by atoms with E-state index in [4.69, 9.17) is 9.47 Å². The Morgan fingerprint density at radius 2 is 1.59 bits per heavy atom. The smallest absolute Gasteiger partial charge is 0.254 e. The first kappa shape index (κ1) is 23.6. The van der Waals surface area contributed by atoms with Crippen molar-refractivity contribution in [3.8, 4) is 11.5 Å². The average molecular weight is 440 g/mol. The maximum atomic E-state index is 13.0. The van der Waals surface area contributed by atoms with Gasteiger partial charge in [-0.15, -0.1) is 0 Å². The standard InChI is InChI=1S/C25H33N3O4/c1-27(2)17-20-8-6-5-7-19(20)16-26-24(29)18-9-11-28(12-10-18)25(30)21-13-22(31-3)15-23(14-21)32-4/h5-8,13-15,18H,9-12,16-17H2,1-4H3,(H,26,29). The molecular formula is C25H33N3O4. The molecule has 32 heavy (non-hydrogen) atoms. The van der Waals surface area contributed by atoms with Crippen molar-refractivity contribution in [2.45, 2.75) is 25.9 Å². The summed E-state index contributed by atoms with van der Waals surface area (Å²) in [6, 6.07) is 13.3. The molecule has 1 fully saturated rings. The highest BCUT2D eigenvalue weighted by Gasteiger charge is 2.28. The van der Waals surface area contributed by atoms with Gasteiger partial charge < -0.3 is 24.6 Å². The first-order chi connectivity index (χ1) is 15.4. The molecule has 0 atom stereocenters.